The van der Waals surface area contributed by atoms with Crippen LogP contribution < -0.4 is 10.1 Å². The second kappa shape index (κ2) is 10.7. The van der Waals surface area contributed by atoms with Gasteiger partial charge in [-0.25, -0.2) is 0 Å². The summed E-state index contributed by atoms with van der Waals surface area (Å²) in [4.78, 5) is 15.5. The summed E-state index contributed by atoms with van der Waals surface area (Å²) in [5.41, 5.74) is 0.615. The third kappa shape index (κ3) is 5.94. The smallest absolute Gasteiger partial charge is 0.255 e. The summed E-state index contributed by atoms with van der Waals surface area (Å²) < 4.78 is 11.1. The first-order valence-electron chi connectivity index (χ1n) is 10.6. The van der Waals surface area contributed by atoms with Crippen LogP contribution in [0, 0.1) is 0 Å². The monoisotopic (exact) mass is 374 g/mol. The first-order valence-corrected chi connectivity index (χ1v) is 10.6. The lowest BCUT2D eigenvalue weighted by atomic mass is 9.92. The largest absolute Gasteiger partial charge is 0.490 e. The molecule has 0 radical (unpaired) electrons. The molecule has 0 aromatic heterocycles. The Bertz CT molecular complexity index is 587. The lowest BCUT2D eigenvalue weighted by Gasteiger charge is -2.40. The van der Waals surface area contributed by atoms with Crippen molar-refractivity contribution in [1.29, 1.82) is 0 Å². The SMILES string of the molecule is CCOCCOc1ccccc1C(=O)NC1CCCN(C2CCCCC2)C1. The average molecular weight is 375 g/mol. The van der Waals surface area contributed by atoms with Gasteiger partial charge in [0.25, 0.3) is 5.91 Å². The predicted octanol–water partition coefficient (Wildman–Crippen LogP) is 3.63. The molecule has 0 bridgehead atoms. The molecule has 1 aromatic rings. The molecule has 1 N–H and O–H groups in total. The van der Waals surface area contributed by atoms with Crippen molar-refractivity contribution in [3.8, 4) is 5.75 Å². The van der Waals surface area contributed by atoms with Gasteiger partial charge in [0.05, 0.1) is 12.2 Å². The van der Waals surface area contributed by atoms with E-state index >= 15 is 0 Å². The average Bonchev–Trinajstić information content (AvgIpc) is 2.72. The van der Waals surface area contributed by atoms with Crippen molar-refractivity contribution >= 4 is 5.91 Å². The zero-order valence-electron chi connectivity index (χ0n) is 16.6. The number of benzene rings is 1. The summed E-state index contributed by atoms with van der Waals surface area (Å²) in [6.07, 6.45) is 8.94. The fraction of sp³-hybridized carbons (Fsp3) is 0.682. The van der Waals surface area contributed by atoms with Crippen molar-refractivity contribution in [2.24, 2.45) is 0 Å². The minimum Gasteiger partial charge on any atom is -0.490 e. The summed E-state index contributed by atoms with van der Waals surface area (Å²) in [6.45, 7) is 5.77. The number of hydrogen-bond donors (Lipinski definition) is 1. The lowest BCUT2D eigenvalue weighted by Crippen LogP contribution is -2.51. The van der Waals surface area contributed by atoms with E-state index in [1.807, 2.05) is 31.2 Å². The van der Waals surface area contributed by atoms with Crippen molar-refractivity contribution in [3.63, 3.8) is 0 Å². The van der Waals surface area contributed by atoms with E-state index in [1.165, 1.54) is 38.6 Å². The van der Waals surface area contributed by atoms with Crippen LogP contribution in [-0.4, -0.2) is 55.8 Å². The highest BCUT2D eigenvalue weighted by Gasteiger charge is 2.28. The van der Waals surface area contributed by atoms with E-state index in [9.17, 15) is 4.79 Å². The number of nitrogens with zero attached hydrogens (tertiary/aromatic N) is 1. The Morgan fingerprint density at radius 3 is 2.74 bits per heavy atom. The quantitative estimate of drug-likeness (QED) is 0.706. The molecule has 0 spiro atoms. The second-order valence-corrected chi connectivity index (χ2v) is 7.64. The number of carbonyl (C=O) groups is 1. The van der Waals surface area contributed by atoms with Crippen LogP contribution in [0.15, 0.2) is 24.3 Å². The fourth-order valence-corrected chi connectivity index (χ4v) is 4.30. The number of nitrogens with one attached hydrogen (secondary N) is 1. The van der Waals surface area contributed by atoms with Crippen molar-refractivity contribution < 1.29 is 14.3 Å². The van der Waals surface area contributed by atoms with E-state index < -0.39 is 0 Å². The van der Waals surface area contributed by atoms with Gasteiger partial charge < -0.3 is 14.8 Å². The molecule has 5 heteroatoms. The maximum Gasteiger partial charge on any atom is 0.255 e. The molecule has 2 aliphatic rings. The number of amides is 1. The van der Waals surface area contributed by atoms with Gasteiger partial charge in [-0.05, 0) is 51.3 Å². The molecule has 3 rings (SSSR count). The molecule has 1 saturated heterocycles. The summed E-state index contributed by atoms with van der Waals surface area (Å²) in [6, 6.07) is 8.43. The van der Waals surface area contributed by atoms with Crippen molar-refractivity contribution in [1.82, 2.24) is 10.2 Å². The first-order chi connectivity index (χ1) is 13.3. The molecule has 1 heterocycles. The molecule has 5 nitrogen and oxygen atoms in total. The molecular weight excluding hydrogens is 340 g/mol. The van der Waals surface area contributed by atoms with Gasteiger partial charge in [0.15, 0.2) is 0 Å². The van der Waals surface area contributed by atoms with Gasteiger partial charge in [-0.1, -0.05) is 31.4 Å². The fourth-order valence-electron chi connectivity index (χ4n) is 4.30. The number of ether oxygens (including phenoxy) is 2. The van der Waals surface area contributed by atoms with Crippen LogP contribution in [0.3, 0.4) is 0 Å². The number of piperidine rings is 1. The van der Waals surface area contributed by atoms with Crippen LogP contribution in [0.1, 0.15) is 62.2 Å². The van der Waals surface area contributed by atoms with Crippen LogP contribution in [0.5, 0.6) is 5.75 Å². The van der Waals surface area contributed by atoms with E-state index in [0.717, 1.165) is 19.4 Å². The molecule has 2 fully saturated rings. The van der Waals surface area contributed by atoms with Crippen molar-refractivity contribution in [2.45, 2.75) is 64.0 Å². The van der Waals surface area contributed by atoms with Gasteiger partial charge in [0, 0.05) is 25.2 Å². The Balaban J connectivity index is 1.55. The zero-order valence-corrected chi connectivity index (χ0v) is 16.6. The number of carbonyl (C=O) groups excluding carboxylic acids is 1. The predicted molar refractivity (Wildman–Crippen MR) is 107 cm³/mol. The molecule has 1 aliphatic heterocycles. The normalized spacial score (nSPS) is 21.7. The maximum atomic E-state index is 12.9. The van der Waals surface area contributed by atoms with Crippen LogP contribution in [0.25, 0.3) is 0 Å². The van der Waals surface area contributed by atoms with Crippen LogP contribution in [0.2, 0.25) is 0 Å². The molecule has 1 aliphatic carbocycles. The van der Waals surface area contributed by atoms with Gasteiger partial charge in [-0.15, -0.1) is 0 Å². The summed E-state index contributed by atoms with van der Waals surface area (Å²) in [7, 11) is 0. The standard InChI is InChI=1S/C22H34N2O3/c1-2-26-15-16-27-21-13-7-6-12-20(21)22(25)23-18-9-8-14-24(17-18)19-10-4-3-5-11-19/h6-7,12-13,18-19H,2-5,8-11,14-17H2,1H3,(H,23,25). The van der Waals surface area contributed by atoms with Gasteiger partial charge in [0.2, 0.25) is 0 Å². The minimum absolute atomic E-state index is 0.0301. The summed E-state index contributed by atoms with van der Waals surface area (Å²) in [5.74, 6) is 0.604. The van der Waals surface area contributed by atoms with Crippen LogP contribution >= 0.6 is 0 Å². The highest BCUT2D eigenvalue weighted by atomic mass is 16.5. The van der Waals surface area contributed by atoms with E-state index in [-0.39, 0.29) is 11.9 Å². The Hall–Kier alpha value is -1.59. The third-order valence-corrected chi connectivity index (χ3v) is 5.70. The Morgan fingerprint density at radius 1 is 1.11 bits per heavy atom. The third-order valence-electron chi connectivity index (χ3n) is 5.70. The first kappa shape index (κ1) is 20.2. The topological polar surface area (TPSA) is 50.8 Å². The molecular formula is C22H34N2O3. The molecule has 1 saturated carbocycles. The number of hydrogen-bond acceptors (Lipinski definition) is 4. The molecule has 27 heavy (non-hydrogen) atoms. The van der Waals surface area contributed by atoms with E-state index in [2.05, 4.69) is 10.2 Å². The van der Waals surface area contributed by atoms with E-state index in [1.54, 1.807) is 0 Å². The molecule has 150 valence electrons. The number of rotatable bonds is 8. The molecule has 1 amide bonds. The van der Waals surface area contributed by atoms with Crippen LogP contribution in [-0.2, 0) is 4.74 Å². The van der Waals surface area contributed by atoms with Gasteiger partial charge in [0.1, 0.15) is 12.4 Å². The van der Waals surface area contributed by atoms with E-state index in [4.69, 9.17) is 9.47 Å². The summed E-state index contributed by atoms with van der Waals surface area (Å²) >= 11 is 0. The Labute approximate surface area is 163 Å². The molecule has 1 unspecified atom stereocenters. The maximum absolute atomic E-state index is 12.9. The molecule has 1 aromatic carbocycles. The van der Waals surface area contributed by atoms with Crippen LogP contribution in [0.4, 0.5) is 0 Å². The Morgan fingerprint density at radius 2 is 1.93 bits per heavy atom. The lowest BCUT2D eigenvalue weighted by molar-refractivity contribution is 0.0826. The van der Waals surface area contributed by atoms with E-state index in [0.29, 0.717) is 37.2 Å². The number of para-hydroxylation sites is 1. The Kier molecular flexibility index (Phi) is 7.96. The highest BCUT2D eigenvalue weighted by Crippen LogP contribution is 2.26. The zero-order chi connectivity index (χ0) is 18.9. The van der Waals surface area contributed by atoms with Crippen molar-refractivity contribution in [2.75, 3.05) is 32.9 Å². The van der Waals surface area contributed by atoms with Gasteiger partial charge >= 0.3 is 0 Å². The summed E-state index contributed by atoms with van der Waals surface area (Å²) in [5, 5.41) is 3.25. The van der Waals surface area contributed by atoms with Crippen molar-refractivity contribution in [3.05, 3.63) is 29.8 Å². The second-order valence-electron chi connectivity index (χ2n) is 7.64. The van der Waals surface area contributed by atoms with Gasteiger partial charge in [-0.2, -0.15) is 0 Å². The highest BCUT2D eigenvalue weighted by molar-refractivity contribution is 5.97. The molecule has 1 atom stereocenters. The minimum atomic E-state index is -0.0301. The number of likely N-dealkylation sites (tertiary alicyclic amines) is 1. The van der Waals surface area contributed by atoms with Gasteiger partial charge in [-0.3, -0.25) is 9.69 Å².